The van der Waals surface area contributed by atoms with Gasteiger partial charge in [-0.05, 0) is 0 Å². The van der Waals surface area contributed by atoms with Crippen molar-refractivity contribution in [2.75, 3.05) is 0 Å². The average molecular weight is 236 g/mol. The van der Waals surface area contributed by atoms with Gasteiger partial charge in [0.05, 0.1) is 24.2 Å². The molecule has 0 atom stereocenters. The molecule has 84 valence electrons. The minimum atomic E-state index is -0.0334. The first kappa shape index (κ1) is 10.8. The van der Waals surface area contributed by atoms with Crippen molar-refractivity contribution in [3.8, 4) is 0 Å². The molecule has 0 saturated carbocycles. The van der Waals surface area contributed by atoms with Gasteiger partial charge >= 0.3 is 0 Å². The number of nitrogens with zero attached hydrogens (tertiary/aromatic N) is 3. The lowest BCUT2D eigenvalue weighted by atomic mass is 10.3. The first-order valence-electron chi connectivity index (χ1n) is 4.85. The molecule has 0 bridgehead atoms. The Morgan fingerprint density at radius 3 is 3.06 bits per heavy atom. The van der Waals surface area contributed by atoms with Crippen LogP contribution in [0.5, 0.6) is 0 Å². The standard InChI is InChI=1S/C10H12N4OS/c1-14-3-2-11-9(14)5-12-10(15)4-8-6-16-7-13-8/h2-3,6-7H,4-5H2,1H3,(H,12,15). The minimum Gasteiger partial charge on any atom is -0.349 e. The first-order chi connectivity index (χ1) is 7.75. The summed E-state index contributed by atoms with van der Waals surface area (Å²) in [6.07, 6.45) is 3.89. The maximum atomic E-state index is 11.5. The van der Waals surface area contributed by atoms with E-state index in [1.165, 1.54) is 11.3 Å². The molecule has 0 aromatic carbocycles. The third-order valence-electron chi connectivity index (χ3n) is 2.19. The van der Waals surface area contributed by atoms with Crippen molar-refractivity contribution in [3.63, 3.8) is 0 Å². The van der Waals surface area contributed by atoms with Gasteiger partial charge in [-0.1, -0.05) is 0 Å². The zero-order chi connectivity index (χ0) is 11.4. The molecule has 0 fully saturated rings. The van der Waals surface area contributed by atoms with Gasteiger partial charge in [-0.2, -0.15) is 0 Å². The number of imidazole rings is 1. The van der Waals surface area contributed by atoms with Crippen LogP contribution in [0, 0.1) is 0 Å². The fraction of sp³-hybridized carbons (Fsp3) is 0.300. The minimum absolute atomic E-state index is 0.0334. The van der Waals surface area contributed by atoms with E-state index in [2.05, 4.69) is 15.3 Å². The zero-order valence-corrected chi connectivity index (χ0v) is 9.70. The maximum absolute atomic E-state index is 11.5. The molecule has 0 radical (unpaired) electrons. The molecule has 5 nitrogen and oxygen atoms in total. The summed E-state index contributed by atoms with van der Waals surface area (Å²) >= 11 is 1.49. The topological polar surface area (TPSA) is 59.8 Å². The summed E-state index contributed by atoms with van der Waals surface area (Å²) < 4.78 is 1.88. The Morgan fingerprint density at radius 2 is 2.44 bits per heavy atom. The summed E-state index contributed by atoms with van der Waals surface area (Å²) in [5, 5.41) is 4.68. The number of aryl methyl sites for hydroxylation is 1. The number of carbonyl (C=O) groups is 1. The van der Waals surface area contributed by atoms with Gasteiger partial charge < -0.3 is 9.88 Å². The van der Waals surface area contributed by atoms with E-state index >= 15 is 0 Å². The molecule has 0 aliphatic rings. The quantitative estimate of drug-likeness (QED) is 0.851. The van der Waals surface area contributed by atoms with Crippen molar-refractivity contribution in [2.45, 2.75) is 13.0 Å². The van der Waals surface area contributed by atoms with Crippen LogP contribution in [0.25, 0.3) is 0 Å². The highest BCUT2D eigenvalue weighted by atomic mass is 32.1. The lowest BCUT2D eigenvalue weighted by Crippen LogP contribution is -2.26. The van der Waals surface area contributed by atoms with E-state index in [0.717, 1.165) is 11.5 Å². The maximum Gasteiger partial charge on any atom is 0.226 e. The number of carbonyl (C=O) groups excluding carboxylic acids is 1. The highest BCUT2D eigenvalue weighted by Gasteiger charge is 2.06. The molecule has 2 aromatic rings. The molecule has 0 saturated heterocycles. The van der Waals surface area contributed by atoms with Crippen LogP contribution in [-0.2, 0) is 24.8 Å². The number of hydrogen-bond acceptors (Lipinski definition) is 4. The fourth-order valence-electron chi connectivity index (χ4n) is 1.30. The first-order valence-corrected chi connectivity index (χ1v) is 5.80. The lowest BCUT2D eigenvalue weighted by molar-refractivity contribution is -0.120. The fourth-order valence-corrected chi connectivity index (χ4v) is 1.85. The molecule has 2 heterocycles. The zero-order valence-electron chi connectivity index (χ0n) is 8.88. The van der Waals surface area contributed by atoms with E-state index in [1.807, 2.05) is 23.2 Å². The van der Waals surface area contributed by atoms with Gasteiger partial charge in [-0.15, -0.1) is 11.3 Å². The second-order valence-corrected chi connectivity index (χ2v) is 4.11. The van der Waals surface area contributed by atoms with Crippen molar-refractivity contribution in [1.29, 1.82) is 0 Å². The van der Waals surface area contributed by atoms with Crippen molar-refractivity contribution < 1.29 is 4.79 Å². The molecule has 2 rings (SSSR count). The Balaban J connectivity index is 1.82. The van der Waals surface area contributed by atoms with Crippen LogP contribution in [-0.4, -0.2) is 20.4 Å². The van der Waals surface area contributed by atoms with Crippen molar-refractivity contribution in [2.24, 2.45) is 7.05 Å². The van der Waals surface area contributed by atoms with E-state index in [0.29, 0.717) is 13.0 Å². The summed E-state index contributed by atoms with van der Waals surface area (Å²) in [4.78, 5) is 19.7. The molecule has 0 aliphatic carbocycles. The Kier molecular flexibility index (Phi) is 3.31. The number of hydrogen-bond donors (Lipinski definition) is 1. The van der Waals surface area contributed by atoms with Crippen LogP contribution in [0.2, 0.25) is 0 Å². The molecule has 1 N–H and O–H groups in total. The van der Waals surface area contributed by atoms with Crippen LogP contribution >= 0.6 is 11.3 Å². The normalized spacial score (nSPS) is 10.3. The molecule has 0 unspecified atom stereocenters. The van der Waals surface area contributed by atoms with E-state index in [1.54, 1.807) is 11.7 Å². The third-order valence-corrected chi connectivity index (χ3v) is 2.83. The molecular formula is C10H12N4OS. The van der Waals surface area contributed by atoms with E-state index in [4.69, 9.17) is 0 Å². The monoisotopic (exact) mass is 236 g/mol. The van der Waals surface area contributed by atoms with Crippen molar-refractivity contribution >= 4 is 17.2 Å². The average Bonchev–Trinajstić information content (AvgIpc) is 2.87. The SMILES string of the molecule is Cn1ccnc1CNC(=O)Cc1cscn1. The lowest BCUT2D eigenvalue weighted by Gasteiger charge is -2.03. The third kappa shape index (κ3) is 2.66. The number of amides is 1. The van der Waals surface area contributed by atoms with Gasteiger partial charge in [0.2, 0.25) is 5.91 Å². The van der Waals surface area contributed by atoms with Gasteiger partial charge in [-0.3, -0.25) is 4.79 Å². The Bertz CT molecular complexity index is 463. The molecule has 1 amide bonds. The Morgan fingerprint density at radius 1 is 1.56 bits per heavy atom. The number of thiazole rings is 1. The van der Waals surface area contributed by atoms with Crippen molar-refractivity contribution in [3.05, 3.63) is 34.8 Å². The second-order valence-electron chi connectivity index (χ2n) is 3.39. The van der Waals surface area contributed by atoms with Gasteiger partial charge in [-0.25, -0.2) is 9.97 Å². The Hall–Kier alpha value is -1.69. The van der Waals surface area contributed by atoms with Crippen LogP contribution in [0.15, 0.2) is 23.3 Å². The summed E-state index contributed by atoms with van der Waals surface area (Å²) in [6, 6.07) is 0. The molecule has 0 spiro atoms. The van der Waals surface area contributed by atoms with Crippen LogP contribution in [0.1, 0.15) is 11.5 Å². The van der Waals surface area contributed by atoms with Crippen molar-refractivity contribution in [1.82, 2.24) is 19.9 Å². The molecule has 16 heavy (non-hydrogen) atoms. The highest BCUT2D eigenvalue weighted by Crippen LogP contribution is 2.01. The molecular weight excluding hydrogens is 224 g/mol. The summed E-state index contributed by atoms with van der Waals surface area (Å²) in [6.45, 7) is 0.451. The Labute approximate surface area is 97.2 Å². The number of rotatable bonds is 4. The smallest absolute Gasteiger partial charge is 0.226 e. The predicted octanol–water partition coefficient (Wildman–Crippen LogP) is 0.735. The second kappa shape index (κ2) is 4.89. The van der Waals surface area contributed by atoms with Crippen LogP contribution in [0.3, 0.4) is 0 Å². The van der Waals surface area contributed by atoms with E-state index in [9.17, 15) is 4.79 Å². The number of nitrogens with one attached hydrogen (secondary N) is 1. The molecule has 0 aliphatic heterocycles. The van der Waals surface area contributed by atoms with Gasteiger partial charge in [0.15, 0.2) is 0 Å². The summed E-state index contributed by atoms with van der Waals surface area (Å²) in [5.74, 6) is 0.806. The number of aromatic nitrogens is 3. The predicted molar refractivity (Wildman–Crippen MR) is 60.9 cm³/mol. The van der Waals surface area contributed by atoms with E-state index in [-0.39, 0.29) is 5.91 Å². The van der Waals surface area contributed by atoms with Crippen LogP contribution < -0.4 is 5.32 Å². The van der Waals surface area contributed by atoms with Gasteiger partial charge in [0.25, 0.3) is 0 Å². The molecule has 2 aromatic heterocycles. The van der Waals surface area contributed by atoms with Gasteiger partial charge in [0, 0.05) is 24.8 Å². The summed E-state index contributed by atoms with van der Waals surface area (Å²) in [5.41, 5.74) is 2.53. The summed E-state index contributed by atoms with van der Waals surface area (Å²) in [7, 11) is 1.90. The van der Waals surface area contributed by atoms with E-state index < -0.39 is 0 Å². The van der Waals surface area contributed by atoms with Crippen LogP contribution in [0.4, 0.5) is 0 Å². The largest absolute Gasteiger partial charge is 0.349 e. The van der Waals surface area contributed by atoms with Gasteiger partial charge in [0.1, 0.15) is 5.82 Å². The molecule has 6 heteroatoms. The highest BCUT2D eigenvalue weighted by molar-refractivity contribution is 7.07.